The second kappa shape index (κ2) is 6.62. The highest BCUT2D eigenvalue weighted by atomic mass is 79.9. The molecule has 4 nitrogen and oxygen atoms in total. The number of hydrogen-bond acceptors (Lipinski definition) is 4. The lowest BCUT2D eigenvalue weighted by atomic mass is 9.98. The highest BCUT2D eigenvalue weighted by Crippen LogP contribution is 2.31. The summed E-state index contributed by atoms with van der Waals surface area (Å²) in [4.78, 5) is 4.32. The van der Waals surface area contributed by atoms with Crippen molar-refractivity contribution in [1.29, 1.82) is 0 Å². The molecule has 0 saturated carbocycles. The van der Waals surface area contributed by atoms with Crippen LogP contribution in [0.3, 0.4) is 0 Å². The van der Waals surface area contributed by atoms with Gasteiger partial charge in [0.15, 0.2) is 11.6 Å². The number of nitrogens with one attached hydrogen (secondary N) is 1. The van der Waals surface area contributed by atoms with Crippen molar-refractivity contribution in [1.82, 2.24) is 15.5 Å². The maximum Gasteiger partial charge on any atom is 0.231 e. The lowest BCUT2D eigenvalue weighted by Gasteiger charge is -2.17. The zero-order valence-electron chi connectivity index (χ0n) is 12.0. The Balaban J connectivity index is 2.38. The fourth-order valence-corrected chi connectivity index (χ4v) is 2.64. The van der Waals surface area contributed by atoms with Crippen molar-refractivity contribution < 1.29 is 13.3 Å². The predicted octanol–water partition coefficient (Wildman–Crippen LogP) is 3.88. The number of hydrogen-bond donors (Lipinski definition) is 1. The van der Waals surface area contributed by atoms with Crippen LogP contribution in [0.15, 0.2) is 21.1 Å². The SMILES string of the molecule is CCC(c1nc(-c2ccc(F)c(F)c2Br)no1)C(C)NC. The van der Waals surface area contributed by atoms with Crippen molar-refractivity contribution in [3.63, 3.8) is 0 Å². The monoisotopic (exact) mass is 359 g/mol. The third-order valence-electron chi connectivity index (χ3n) is 3.53. The van der Waals surface area contributed by atoms with E-state index in [1.807, 2.05) is 20.9 Å². The number of aromatic nitrogens is 2. The Kier molecular flexibility index (Phi) is 5.05. The molecule has 2 atom stereocenters. The summed E-state index contributed by atoms with van der Waals surface area (Å²) in [6.45, 7) is 4.04. The molecule has 2 unspecified atom stereocenters. The Labute approximate surface area is 130 Å². The molecule has 21 heavy (non-hydrogen) atoms. The Hall–Kier alpha value is -1.34. The van der Waals surface area contributed by atoms with E-state index < -0.39 is 11.6 Å². The van der Waals surface area contributed by atoms with E-state index in [2.05, 4.69) is 31.4 Å². The van der Waals surface area contributed by atoms with Crippen LogP contribution in [0.2, 0.25) is 0 Å². The number of benzene rings is 1. The molecule has 1 aromatic carbocycles. The minimum Gasteiger partial charge on any atom is -0.339 e. The molecule has 2 rings (SSSR count). The summed E-state index contributed by atoms with van der Waals surface area (Å²) in [5, 5.41) is 7.02. The molecule has 2 aromatic rings. The molecule has 114 valence electrons. The van der Waals surface area contributed by atoms with Crippen molar-refractivity contribution in [3.8, 4) is 11.4 Å². The van der Waals surface area contributed by atoms with Gasteiger partial charge in [0, 0.05) is 11.6 Å². The smallest absolute Gasteiger partial charge is 0.231 e. The maximum atomic E-state index is 13.6. The molecule has 0 bridgehead atoms. The molecule has 0 spiro atoms. The topological polar surface area (TPSA) is 51.0 Å². The van der Waals surface area contributed by atoms with Crippen LogP contribution >= 0.6 is 15.9 Å². The van der Waals surface area contributed by atoms with E-state index in [1.165, 1.54) is 6.07 Å². The predicted molar refractivity (Wildman–Crippen MR) is 78.9 cm³/mol. The highest BCUT2D eigenvalue weighted by molar-refractivity contribution is 9.10. The zero-order valence-corrected chi connectivity index (χ0v) is 13.5. The van der Waals surface area contributed by atoms with Crippen molar-refractivity contribution in [2.75, 3.05) is 7.05 Å². The average Bonchev–Trinajstić information content (AvgIpc) is 2.94. The van der Waals surface area contributed by atoms with Crippen LogP contribution in [0.5, 0.6) is 0 Å². The molecule has 1 aromatic heterocycles. The summed E-state index contributed by atoms with van der Waals surface area (Å²) >= 11 is 3.02. The maximum absolute atomic E-state index is 13.6. The number of nitrogens with zero attached hydrogens (tertiary/aromatic N) is 2. The van der Waals surface area contributed by atoms with Crippen molar-refractivity contribution >= 4 is 15.9 Å². The Morgan fingerprint density at radius 3 is 2.71 bits per heavy atom. The van der Waals surface area contributed by atoms with E-state index in [0.717, 1.165) is 12.5 Å². The fourth-order valence-electron chi connectivity index (χ4n) is 2.14. The molecular weight excluding hydrogens is 344 g/mol. The molecule has 1 N–H and O–H groups in total. The quantitative estimate of drug-likeness (QED) is 0.823. The minimum atomic E-state index is -0.963. The summed E-state index contributed by atoms with van der Waals surface area (Å²) < 4.78 is 32.0. The second-order valence-electron chi connectivity index (χ2n) is 4.77. The minimum absolute atomic E-state index is 0.00966. The Morgan fingerprint density at radius 2 is 2.10 bits per heavy atom. The first kappa shape index (κ1) is 16.0. The first-order valence-electron chi connectivity index (χ1n) is 6.64. The zero-order chi connectivity index (χ0) is 15.6. The van der Waals surface area contributed by atoms with Crippen molar-refractivity contribution in [3.05, 3.63) is 34.1 Å². The van der Waals surface area contributed by atoms with Crippen molar-refractivity contribution in [2.24, 2.45) is 0 Å². The van der Waals surface area contributed by atoms with Gasteiger partial charge in [-0.3, -0.25) is 0 Å². The molecule has 0 fully saturated rings. The lowest BCUT2D eigenvalue weighted by molar-refractivity contribution is 0.322. The molecule has 1 heterocycles. The van der Waals surface area contributed by atoms with Crippen LogP contribution in [-0.2, 0) is 0 Å². The van der Waals surface area contributed by atoms with E-state index in [-0.39, 0.29) is 22.3 Å². The van der Waals surface area contributed by atoms with Crippen LogP contribution in [0.4, 0.5) is 8.78 Å². The van der Waals surface area contributed by atoms with Gasteiger partial charge in [0.05, 0.1) is 10.4 Å². The molecule has 7 heteroatoms. The molecular formula is C14H16BrF2N3O. The second-order valence-corrected chi connectivity index (χ2v) is 5.56. The third-order valence-corrected chi connectivity index (χ3v) is 4.31. The van der Waals surface area contributed by atoms with E-state index in [0.29, 0.717) is 11.5 Å². The van der Waals surface area contributed by atoms with Gasteiger partial charge in [0.1, 0.15) is 0 Å². The molecule has 0 aliphatic heterocycles. The Bertz CT molecular complexity index is 633. The summed E-state index contributed by atoms with van der Waals surface area (Å²) in [5.41, 5.74) is 0.357. The van der Waals surface area contributed by atoms with Crippen molar-refractivity contribution in [2.45, 2.75) is 32.2 Å². The lowest BCUT2D eigenvalue weighted by Crippen LogP contribution is -2.28. The van der Waals surface area contributed by atoms with Crippen LogP contribution in [-0.4, -0.2) is 23.2 Å². The van der Waals surface area contributed by atoms with Crippen LogP contribution < -0.4 is 5.32 Å². The van der Waals surface area contributed by atoms with E-state index in [1.54, 1.807) is 0 Å². The van der Waals surface area contributed by atoms with E-state index in [9.17, 15) is 8.78 Å². The molecule has 0 aliphatic carbocycles. The van der Waals surface area contributed by atoms with E-state index >= 15 is 0 Å². The standard InChI is InChI=1S/C14H16BrF2N3O/c1-4-8(7(2)18-3)14-19-13(20-21-14)9-5-6-10(16)12(17)11(9)15/h5-8,18H,4H2,1-3H3. The number of rotatable bonds is 5. The van der Waals surface area contributed by atoms with Crippen LogP contribution in [0.1, 0.15) is 32.1 Å². The summed E-state index contributed by atoms with van der Waals surface area (Å²) in [5.74, 6) is -1.12. The largest absolute Gasteiger partial charge is 0.339 e. The fraction of sp³-hybridized carbons (Fsp3) is 0.429. The van der Waals surface area contributed by atoms with Gasteiger partial charge < -0.3 is 9.84 Å². The van der Waals surface area contributed by atoms with Gasteiger partial charge >= 0.3 is 0 Å². The van der Waals surface area contributed by atoms with Gasteiger partial charge in [-0.25, -0.2) is 8.78 Å². The molecule has 0 saturated heterocycles. The first-order chi connectivity index (χ1) is 9.99. The third kappa shape index (κ3) is 3.13. The van der Waals surface area contributed by atoms with Crippen LogP contribution in [0.25, 0.3) is 11.4 Å². The number of halogens is 3. The summed E-state index contributed by atoms with van der Waals surface area (Å²) in [6.07, 6.45) is 0.822. The Morgan fingerprint density at radius 1 is 1.38 bits per heavy atom. The molecule has 0 aliphatic rings. The average molecular weight is 360 g/mol. The van der Waals surface area contributed by atoms with Gasteiger partial charge in [-0.05, 0) is 48.5 Å². The molecule has 0 radical (unpaired) electrons. The normalized spacial score (nSPS) is 14.2. The van der Waals surface area contributed by atoms with Gasteiger partial charge in [-0.1, -0.05) is 12.1 Å². The molecule has 0 amide bonds. The highest BCUT2D eigenvalue weighted by Gasteiger charge is 2.24. The van der Waals surface area contributed by atoms with Crippen LogP contribution in [0, 0.1) is 11.6 Å². The van der Waals surface area contributed by atoms with E-state index in [4.69, 9.17) is 4.52 Å². The van der Waals surface area contributed by atoms with Gasteiger partial charge in [0.2, 0.25) is 11.7 Å². The van der Waals surface area contributed by atoms with Gasteiger partial charge in [-0.2, -0.15) is 4.98 Å². The first-order valence-corrected chi connectivity index (χ1v) is 7.43. The summed E-state index contributed by atoms with van der Waals surface area (Å²) in [7, 11) is 1.86. The van der Waals surface area contributed by atoms with Gasteiger partial charge in [0.25, 0.3) is 0 Å². The van der Waals surface area contributed by atoms with Gasteiger partial charge in [-0.15, -0.1) is 0 Å². The number of likely N-dealkylation sites (N-methyl/N-ethyl adjacent to an activating group) is 1. The summed E-state index contributed by atoms with van der Waals surface area (Å²) in [6, 6.07) is 2.62.